The van der Waals surface area contributed by atoms with Crippen molar-refractivity contribution >= 4 is 17.7 Å². The molecule has 0 saturated carbocycles. The zero-order valence-electron chi connectivity index (χ0n) is 17.2. The van der Waals surface area contributed by atoms with E-state index in [4.69, 9.17) is 0 Å². The van der Waals surface area contributed by atoms with Crippen molar-refractivity contribution in [1.82, 2.24) is 16.0 Å². The number of unbranched alkanes of at least 4 members (excludes halogenated alkanes) is 6. The number of nitrogens with one attached hydrogen (secondary N) is 3. The van der Waals surface area contributed by atoms with Crippen LogP contribution in [-0.2, 0) is 20.9 Å². The van der Waals surface area contributed by atoms with Crippen molar-refractivity contribution in [3.63, 3.8) is 0 Å². The first-order valence-electron chi connectivity index (χ1n) is 10.6. The first kappa shape index (κ1) is 22.9. The summed E-state index contributed by atoms with van der Waals surface area (Å²) in [6.07, 6.45) is 7.88. The number of hydrogen-bond donors (Lipinski definition) is 4. The van der Waals surface area contributed by atoms with Crippen LogP contribution in [0.5, 0.6) is 0 Å². The van der Waals surface area contributed by atoms with Crippen LogP contribution in [0.4, 0.5) is 0 Å². The summed E-state index contributed by atoms with van der Waals surface area (Å²) in [6.45, 7) is 2.40. The van der Waals surface area contributed by atoms with Gasteiger partial charge in [0.1, 0.15) is 0 Å². The fourth-order valence-corrected chi connectivity index (χ4v) is 3.48. The minimum atomic E-state index is -2.14. The van der Waals surface area contributed by atoms with Crippen LogP contribution in [0.3, 0.4) is 0 Å². The van der Waals surface area contributed by atoms with Crippen LogP contribution in [0.25, 0.3) is 0 Å². The maximum absolute atomic E-state index is 12.5. The molecule has 1 unspecified atom stereocenters. The summed E-state index contributed by atoms with van der Waals surface area (Å²) in [5.74, 6) is -1.45. The van der Waals surface area contributed by atoms with Crippen molar-refractivity contribution in [2.24, 2.45) is 0 Å². The molecule has 1 saturated heterocycles. The molecule has 2 rings (SSSR count). The zero-order chi connectivity index (χ0) is 21.1. The van der Waals surface area contributed by atoms with Gasteiger partial charge in [0.15, 0.2) is 0 Å². The van der Waals surface area contributed by atoms with Crippen LogP contribution in [0, 0.1) is 0 Å². The Morgan fingerprint density at radius 2 is 1.76 bits per heavy atom. The Morgan fingerprint density at radius 3 is 2.45 bits per heavy atom. The second-order valence-corrected chi connectivity index (χ2v) is 7.68. The Morgan fingerprint density at radius 1 is 1.10 bits per heavy atom. The molecule has 1 fully saturated rings. The van der Waals surface area contributed by atoms with Crippen LogP contribution in [0.1, 0.15) is 70.3 Å². The molecular weight excluding hydrogens is 370 g/mol. The van der Waals surface area contributed by atoms with E-state index in [9.17, 15) is 19.5 Å². The SMILES string of the molecule is CCCCCCCCCC(=O)N[C@@H]1CC(=O)NC1(O)C(=O)NCc1ccccc1. The number of amides is 3. The van der Waals surface area contributed by atoms with Gasteiger partial charge < -0.3 is 21.1 Å². The maximum atomic E-state index is 12.5. The maximum Gasteiger partial charge on any atom is 0.275 e. The van der Waals surface area contributed by atoms with Gasteiger partial charge in [0, 0.05) is 13.0 Å². The third-order valence-electron chi connectivity index (χ3n) is 5.21. The molecule has 3 amide bonds. The highest BCUT2D eigenvalue weighted by Gasteiger charge is 2.51. The number of rotatable bonds is 12. The average Bonchev–Trinajstić information content (AvgIpc) is 3.00. The van der Waals surface area contributed by atoms with E-state index >= 15 is 0 Å². The van der Waals surface area contributed by atoms with Crippen molar-refractivity contribution in [2.75, 3.05) is 0 Å². The van der Waals surface area contributed by atoms with Crippen molar-refractivity contribution in [1.29, 1.82) is 0 Å². The normalized spacial score (nSPS) is 20.9. The highest BCUT2D eigenvalue weighted by atomic mass is 16.3. The van der Waals surface area contributed by atoms with Gasteiger partial charge in [0.05, 0.1) is 12.5 Å². The fourth-order valence-electron chi connectivity index (χ4n) is 3.48. The predicted octanol–water partition coefficient (Wildman–Crippen LogP) is 2.14. The van der Waals surface area contributed by atoms with E-state index in [1.54, 1.807) is 0 Å². The first-order valence-corrected chi connectivity index (χ1v) is 10.6. The van der Waals surface area contributed by atoms with Gasteiger partial charge in [-0.05, 0) is 12.0 Å². The molecule has 1 heterocycles. The van der Waals surface area contributed by atoms with Crippen LogP contribution < -0.4 is 16.0 Å². The molecule has 7 nitrogen and oxygen atoms in total. The summed E-state index contributed by atoms with van der Waals surface area (Å²) in [4.78, 5) is 36.6. The highest BCUT2D eigenvalue weighted by Crippen LogP contribution is 2.19. The van der Waals surface area contributed by atoms with Gasteiger partial charge in [0.2, 0.25) is 17.5 Å². The molecule has 1 aromatic carbocycles. The smallest absolute Gasteiger partial charge is 0.275 e. The molecule has 1 aliphatic rings. The van der Waals surface area contributed by atoms with Crippen LogP contribution >= 0.6 is 0 Å². The molecule has 1 aliphatic heterocycles. The van der Waals surface area contributed by atoms with Gasteiger partial charge >= 0.3 is 0 Å². The Kier molecular flexibility index (Phi) is 9.12. The summed E-state index contributed by atoms with van der Waals surface area (Å²) in [6, 6.07) is 8.27. The minimum Gasteiger partial charge on any atom is -0.362 e. The average molecular weight is 404 g/mol. The number of carbonyl (C=O) groups excluding carboxylic acids is 3. The minimum absolute atomic E-state index is 0.127. The fraction of sp³-hybridized carbons (Fsp3) is 0.591. The number of aliphatic hydroxyl groups is 1. The van der Waals surface area contributed by atoms with E-state index < -0.39 is 23.6 Å². The lowest BCUT2D eigenvalue weighted by molar-refractivity contribution is -0.147. The Bertz CT molecular complexity index is 680. The van der Waals surface area contributed by atoms with E-state index in [0.717, 1.165) is 24.8 Å². The van der Waals surface area contributed by atoms with E-state index in [1.807, 2.05) is 30.3 Å². The lowest BCUT2D eigenvalue weighted by atomic mass is 10.0. The van der Waals surface area contributed by atoms with E-state index in [-0.39, 0.29) is 18.9 Å². The van der Waals surface area contributed by atoms with Crippen LogP contribution in [0.2, 0.25) is 0 Å². The van der Waals surface area contributed by atoms with E-state index in [1.165, 1.54) is 25.7 Å². The molecule has 29 heavy (non-hydrogen) atoms. The second-order valence-electron chi connectivity index (χ2n) is 7.68. The largest absolute Gasteiger partial charge is 0.362 e. The molecule has 0 radical (unpaired) electrons. The van der Waals surface area contributed by atoms with Crippen LogP contribution in [-0.4, -0.2) is 34.6 Å². The molecule has 2 atom stereocenters. The number of benzene rings is 1. The monoisotopic (exact) mass is 403 g/mol. The van der Waals surface area contributed by atoms with Gasteiger partial charge in [-0.3, -0.25) is 14.4 Å². The summed E-state index contributed by atoms with van der Waals surface area (Å²) in [7, 11) is 0. The first-order chi connectivity index (χ1) is 14.0. The number of hydrogen-bond acceptors (Lipinski definition) is 4. The third-order valence-corrected chi connectivity index (χ3v) is 5.21. The lowest BCUT2D eigenvalue weighted by Gasteiger charge is -2.28. The summed E-state index contributed by atoms with van der Waals surface area (Å²) in [5.41, 5.74) is -1.27. The van der Waals surface area contributed by atoms with Gasteiger partial charge in [0.25, 0.3) is 5.91 Å². The summed E-state index contributed by atoms with van der Waals surface area (Å²) in [5, 5.41) is 18.3. The quantitative estimate of drug-likeness (QED) is 0.401. The lowest BCUT2D eigenvalue weighted by Crippen LogP contribution is -2.63. The Labute approximate surface area is 172 Å². The molecule has 4 N–H and O–H groups in total. The standard InChI is InChI=1S/C22H33N3O4/c1-2-3-4-5-6-7-11-14-19(26)24-18-15-20(27)25-22(18,29)21(28)23-16-17-12-9-8-10-13-17/h8-10,12-13,18,29H,2-7,11,14-16H2,1H3,(H,23,28)(H,24,26)(H,25,27)/t18-,22?/m1/s1. The molecular formula is C22H33N3O4. The number of carbonyl (C=O) groups is 3. The van der Waals surface area contributed by atoms with Crippen LogP contribution in [0.15, 0.2) is 30.3 Å². The topological polar surface area (TPSA) is 108 Å². The van der Waals surface area contributed by atoms with Gasteiger partial charge in [-0.2, -0.15) is 0 Å². The van der Waals surface area contributed by atoms with Gasteiger partial charge in [-0.1, -0.05) is 75.8 Å². The molecule has 7 heteroatoms. The highest BCUT2D eigenvalue weighted by molar-refractivity contribution is 5.95. The molecule has 1 aromatic rings. The van der Waals surface area contributed by atoms with Crippen molar-refractivity contribution in [2.45, 2.75) is 83.0 Å². The Hall–Kier alpha value is -2.41. The van der Waals surface area contributed by atoms with Crippen molar-refractivity contribution in [3.05, 3.63) is 35.9 Å². The third kappa shape index (κ3) is 7.16. The van der Waals surface area contributed by atoms with E-state index in [0.29, 0.717) is 6.42 Å². The van der Waals surface area contributed by atoms with Gasteiger partial charge in [-0.25, -0.2) is 0 Å². The summed E-state index contributed by atoms with van der Waals surface area (Å²) >= 11 is 0. The van der Waals surface area contributed by atoms with Gasteiger partial charge in [-0.15, -0.1) is 0 Å². The zero-order valence-corrected chi connectivity index (χ0v) is 17.2. The molecule has 0 aliphatic carbocycles. The van der Waals surface area contributed by atoms with Crippen molar-refractivity contribution < 1.29 is 19.5 Å². The molecule has 0 spiro atoms. The Balaban J connectivity index is 1.79. The van der Waals surface area contributed by atoms with E-state index in [2.05, 4.69) is 22.9 Å². The molecule has 0 aromatic heterocycles. The second kappa shape index (κ2) is 11.6. The molecule has 160 valence electrons. The predicted molar refractivity (Wildman–Crippen MR) is 111 cm³/mol. The summed E-state index contributed by atoms with van der Waals surface area (Å²) < 4.78 is 0. The van der Waals surface area contributed by atoms with Crippen molar-refractivity contribution in [3.8, 4) is 0 Å². The molecule has 0 bridgehead atoms.